The van der Waals surface area contributed by atoms with Crippen LogP contribution in [0.15, 0.2) is 29.3 Å². The van der Waals surface area contributed by atoms with Gasteiger partial charge in [0.2, 0.25) is 0 Å². The molecule has 1 saturated carbocycles. The summed E-state index contributed by atoms with van der Waals surface area (Å²) in [5, 5.41) is 7.11. The second-order valence-electron chi connectivity index (χ2n) is 9.40. The molecule has 0 bridgehead atoms. The molecule has 31 heavy (non-hydrogen) atoms. The van der Waals surface area contributed by atoms with Gasteiger partial charge in [-0.2, -0.15) is 0 Å². The molecule has 6 nitrogen and oxygen atoms in total. The number of ether oxygens (including phenoxy) is 2. The van der Waals surface area contributed by atoms with Crippen molar-refractivity contribution in [3.8, 4) is 5.75 Å². The zero-order valence-electron chi connectivity index (χ0n) is 19.2. The van der Waals surface area contributed by atoms with Gasteiger partial charge in [-0.1, -0.05) is 18.6 Å². The molecule has 0 radical (unpaired) electrons. The molecule has 3 aliphatic rings. The van der Waals surface area contributed by atoms with Gasteiger partial charge in [0.15, 0.2) is 5.96 Å². The highest BCUT2D eigenvalue weighted by atomic mass is 16.5. The second-order valence-corrected chi connectivity index (χ2v) is 9.40. The number of aliphatic imine (C=N–C) groups is 1. The van der Waals surface area contributed by atoms with Gasteiger partial charge in [0, 0.05) is 45.9 Å². The molecule has 6 heteroatoms. The SMILES string of the molecule is CN=C(NCc1cccc(OC2CCCCC2)c1)NC1CCN(CC2CCOC2)CC1. The molecule has 3 fully saturated rings. The van der Waals surface area contributed by atoms with Crippen molar-refractivity contribution in [2.24, 2.45) is 10.9 Å². The second kappa shape index (κ2) is 11.7. The van der Waals surface area contributed by atoms with Gasteiger partial charge in [-0.15, -0.1) is 0 Å². The summed E-state index contributed by atoms with van der Waals surface area (Å²) < 4.78 is 11.7. The van der Waals surface area contributed by atoms with E-state index in [1.807, 2.05) is 7.05 Å². The lowest BCUT2D eigenvalue weighted by Crippen LogP contribution is -2.49. The van der Waals surface area contributed by atoms with Crippen molar-refractivity contribution in [1.29, 1.82) is 0 Å². The highest BCUT2D eigenvalue weighted by Gasteiger charge is 2.24. The summed E-state index contributed by atoms with van der Waals surface area (Å²) in [4.78, 5) is 7.05. The fourth-order valence-electron chi connectivity index (χ4n) is 5.03. The van der Waals surface area contributed by atoms with Crippen LogP contribution in [0.2, 0.25) is 0 Å². The minimum atomic E-state index is 0.387. The number of nitrogens with one attached hydrogen (secondary N) is 2. The van der Waals surface area contributed by atoms with E-state index in [1.54, 1.807) is 0 Å². The standard InChI is InChI=1S/C25H40N4O2/c1-26-25(28-22-10-13-29(14-11-22)18-21-12-15-30-19-21)27-17-20-6-5-9-24(16-20)31-23-7-3-2-4-8-23/h5-6,9,16,21-23H,2-4,7-8,10-15,17-19H2,1H3,(H2,26,27,28). The predicted octanol–water partition coefficient (Wildman–Crippen LogP) is 3.56. The number of likely N-dealkylation sites (tertiary alicyclic amines) is 1. The minimum Gasteiger partial charge on any atom is -0.490 e. The Balaban J connectivity index is 1.19. The Hall–Kier alpha value is -1.79. The van der Waals surface area contributed by atoms with Gasteiger partial charge in [0.05, 0.1) is 12.7 Å². The largest absolute Gasteiger partial charge is 0.490 e. The van der Waals surface area contributed by atoms with Crippen LogP contribution in [-0.4, -0.2) is 62.9 Å². The maximum Gasteiger partial charge on any atom is 0.191 e. The number of hydrogen-bond donors (Lipinski definition) is 2. The topological polar surface area (TPSA) is 58.1 Å². The smallest absolute Gasteiger partial charge is 0.191 e. The average molecular weight is 429 g/mol. The van der Waals surface area contributed by atoms with Crippen LogP contribution in [0, 0.1) is 5.92 Å². The summed E-state index contributed by atoms with van der Waals surface area (Å²) in [6.45, 7) is 6.15. The Morgan fingerprint density at radius 3 is 2.71 bits per heavy atom. The Bertz CT molecular complexity index is 691. The Kier molecular flexibility index (Phi) is 8.47. The maximum atomic E-state index is 6.22. The van der Waals surface area contributed by atoms with E-state index in [0.717, 1.165) is 50.5 Å². The average Bonchev–Trinajstić information content (AvgIpc) is 3.32. The fourth-order valence-corrected chi connectivity index (χ4v) is 5.03. The number of rotatable bonds is 7. The van der Waals surface area contributed by atoms with E-state index in [2.05, 4.69) is 44.8 Å². The third-order valence-electron chi connectivity index (χ3n) is 6.91. The first-order chi connectivity index (χ1) is 15.3. The predicted molar refractivity (Wildman–Crippen MR) is 126 cm³/mol. The van der Waals surface area contributed by atoms with Crippen LogP contribution in [-0.2, 0) is 11.3 Å². The molecule has 2 aliphatic heterocycles. The van der Waals surface area contributed by atoms with Gasteiger partial charge in [-0.25, -0.2) is 0 Å². The van der Waals surface area contributed by atoms with Crippen molar-refractivity contribution in [1.82, 2.24) is 15.5 Å². The lowest BCUT2D eigenvalue weighted by atomic mass is 9.98. The van der Waals surface area contributed by atoms with Crippen molar-refractivity contribution >= 4 is 5.96 Å². The van der Waals surface area contributed by atoms with Gasteiger partial charge in [-0.05, 0) is 68.6 Å². The van der Waals surface area contributed by atoms with Crippen molar-refractivity contribution in [2.45, 2.75) is 70.1 Å². The van der Waals surface area contributed by atoms with Crippen LogP contribution in [0.3, 0.4) is 0 Å². The first kappa shape index (κ1) is 22.4. The number of nitrogens with zero attached hydrogens (tertiary/aromatic N) is 2. The molecule has 2 N–H and O–H groups in total. The molecule has 1 aromatic rings. The number of guanidine groups is 1. The van der Waals surface area contributed by atoms with E-state index in [9.17, 15) is 0 Å². The summed E-state index contributed by atoms with van der Waals surface area (Å²) in [6, 6.07) is 8.98. The lowest BCUT2D eigenvalue weighted by molar-refractivity contribution is 0.150. The van der Waals surface area contributed by atoms with Crippen LogP contribution >= 0.6 is 0 Å². The monoisotopic (exact) mass is 428 g/mol. The molecule has 2 heterocycles. The normalized spacial score (nSPS) is 24.3. The van der Waals surface area contributed by atoms with E-state index in [0.29, 0.717) is 12.1 Å². The van der Waals surface area contributed by atoms with Gasteiger partial charge in [-0.3, -0.25) is 4.99 Å². The molecule has 1 aliphatic carbocycles. The molecule has 1 aromatic carbocycles. The van der Waals surface area contributed by atoms with Crippen LogP contribution in [0.1, 0.15) is 56.9 Å². The summed E-state index contributed by atoms with van der Waals surface area (Å²) in [5.41, 5.74) is 1.23. The third-order valence-corrected chi connectivity index (χ3v) is 6.91. The first-order valence-electron chi connectivity index (χ1n) is 12.3. The van der Waals surface area contributed by atoms with Crippen LogP contribution in [0.25, 0.3) is 0 Å². The molecule has 2 saturated heterocycles. The molecule has 0 spiro atoms. The van der Waals surface area contributed by atoms with E-state index >= 15 is 0 Å². The summed E-state index contributed by atoms with van der Waals surface area (Å²) in [6.07, 6.45) is 10.3. The summed E-state index contributed by atoms with van der Waals surface area (Å²) >= 11 is 0. The number of hydrogen-bond acceptors (Lipinski definition) is 4. The van der Waals surface area contributed by atoms with Crippen LogP contribution in [0.4, 0.5) is 0 Å². The summed E-state index contributed by atoms with van der Waals surface area (Å²) in [5.74, 6) is 2.62. The molecule has 1 unspecified atom stereocenters. The van der Waals surface area contributed by atoms with E-state index in [-0.39, 0.29) is 0 Å². The molecule has 4 rings (SSSR count). The van der Waals surface area contributed by atoms with Gasteiger partial charge >= 0.3 is 0 Å². The van der Waals surface area contributed by atoms with Crippen molar-refractivity contribution in [2.75, 3.05) is 39.9 Å². The van der Waals surface area contributed by atoms with E-state index in [4.69, 9.17) is 9.47 Å². The maximum absolute atomic E-state index is 6.22. The highest BCUT2D eigenvalue weighted by molar-refractivity contribution is 5.79. The minimum absolute atomic E-state index is 0.387. The molecule has 0 amide bonds. The molecule has 0 aromatic heterocycles. The third kappa shape index (κ3) is 7.11. The molecule has 172 valence electrons. The fraction of sp³-hybridized carbons (Fsp3) is 0.720. The van der Waals surface area contributed by atoms with Crippen molar-refractivity contribution in [3.63, 3.8) is 0 Å². The Morgan fingerprint density at radius 1 is 1.13 bits per heavy atom. The van der Waals surface area contributed by atoms with Crippen LogP contribution < -0.4 is 15.4 Å². The first-order valence-corrected chi connectivity index (χ1v) is 12.3. The van der Waals surface area contributed by atoms with Gasteiger partial charge in [0.1, 0.15) is 5.75 Å². The van der Waals surface area contributed by atoms with E-state index < -0.39 is 0 Å². The number of benzene rings is 1. The van der Waals surface area contributed by atoms with Crippen LogP contribution in [0.5, 0.6) is 5.75 Å². The number of piperidine rings is 1. The molecular weight excluding hydrogens is 388 g/mol. The lowest BCUT2D eigenvalue weighted by Gasteiger charge is -2.34. The van der Waals surface area contributed by atoms with E-state index in [1.165, 1.54) is 63.5 Å². The summed E-state index contributed by atoms with van der Waals surface area (Å²) in [7, 11) is 1.85. The van der Waals surface area contributed by atoms with Gasteiger partial charge in [0.25, 0.3) is 0 Å². The Morgan fingerprint density at radius 2 is 1.97 bits per heavy atom. The Labute approximate surface area is 187 Å². The highest BCUT2D eigenvalue weighted by Crippen LogP contribution is 2.24. The zero-order valence-corrected chi connectivity index (χ0v) is 19.2. The quantitative estimate of drug-likeness (QED) is 0.514. The zero-order chi connectivity index (χ0) is 21.3. The molecular formula is C25H40N4O2. The van der Waals surface area contributed by atoms with Gasteiger partial charge < -0.3 is 25.0 Å². The van der Waals surface area contributed by atoms with Crippen molar-refractivity contribution < 1.29 is 9.47 Å². The van der Waals surface area contributed by atoms with Crippen molar-refractivity contribution in [3.05, 3.63) is 29.8 Å². The molecule has 1 atom stereocenters.